The van der Waals surface area contributed by atoms with Gasteiger partial charge in [0.25, 0.3) is 11.8 Å². The number of nitrogens with one attached hydrogen (secondary N) is 1. The Hall–Kier alpha value is -4.13. The summed E-state index contributed by atoms with van der Waals surface area (Å²) in [5.41, 5.74) is 2.94. The van der Waals surface area contributed by atoms with Crippen LogP contribution in [0.4, 0.5) is 15.8 Å². The van der Waals surface area contributed by atoms with E-state index in [4.69, 9.17) is 9.47 Å². The van der Waals surface area contributed by atoms with E-state index in [0.29, 0.717) is 28.4 Å². The zero-order chi connectivity index (χ0) is 23.7. The highest BCUT2D eigenvalue weighted by atomic mass is 19.1. The molecule has 34 heavy (non-hydrogen) atoms. The topological polar surface area (TPSA) is 67.9 Å². The zero-order valence-electron chi connectivity index (χ0n) is 18.6. The second-order valence-corrected chi connectivity index (χ2v) is 8.17. The summed E-state index contributed by atoms with van der Waals surface area (Å²) in [6.45, 7) is 2.26. The first-order chi connectivity index (χ1) is 16.5. The summed E-state index contributed by atoms with van der Waals surface area (Å²) in [5.74, 6) is -0.225. The van der Waals surface area contributed by atoms with Crippen molar-refractivity contribution in [1.82, 2.24) is 0 Å². The molecule has 2 aliphatic heterocycles. The van der Waals surface area contributed by atoms with E-state index in [2.05, 4.69) is 12.2 Å². The highest BCUT2D eigenvalue weighted by Gasteiger charge is 2.40. The first kappa shape index (κ1) is 21.7. The Kier molecular flexibility index (Phi) is 5.76. The van der Waals surface area contributed by atoms with E-state index < -0.39 is 17.6 Å². The number of imide groups is 1. The molecule has 0 aliphatic carbocycles. The predicted molar refractivity (Wildman–Crippen MR) is 127 cm³/mol. The number of unbranched alkanes of at least 4 members (excludes halogenated alkanes) is 1. The van der Waals surface area contributed by atoms with Gasteiger partial charge >= 0.3 is 0 Å². The molecule has 2 heterocycles. The van der Waals surface area contributed by atoms with Crippen molar-refractivity contribution in [2.45, 2.75) is 26.2 Å². The van der Waals surface area contributed by atoms with Gasteiger partial charge in [-0.25, -0.2) is 9.29 Å². The molecular formula is C27H23FN2O4. The van der Waals surface area contributed by atoms with Gasteiger partial charge in [-0.15, -0.1) is 0 Å². The van der Waals surface area contributed by atoms with Gasteiger partial charge in [-0.3, -0.25) is 9.59 Å². The highest BCUT2D eigenvalue weighted by molar-refractivity contribution is 6.46. The van der Waals surface area contributed by atoms with Crippen LogP contribution in [0.5, 0.6) is 11.5 Å². The number of nitrogens with zero attached hydrogens (tertiary/aromatic N) is 1. The fraction of sp³-hybridized carbons (Fsp3) is 0.185. The lowest BCUT2D eigenvalue weighted by Gasteiger charge is -2.16. The van der Waals surface area contributed by atoms with Crippen molar-refractivity contribution >= 4 is 28.8 Å². The van der Waals surface area contributed by atoms with Gasteiger partial charge in [0, 0.05) is 11.8 Å². The van der Waals surface area contributed by atoms with Crippen LogP contribution in [0.15, 0.2) is 72.4 Å². The molecule has 3 aromatic rings. The lowest BCUT2D eigenvalue weighted by molar-refractivity contribution is -0.120. The number of aryl methyl sites for hydroxylation is 1. The van der Waals surface area contributed by atoms with Crippen LogP contribution in [0.3, 0.4) is 0 Å². The second-order valence-electron chi connectivity index (χ2n) is 8.17. The van der Waals surface area contributed by atoms with Crippen LogP contribution in [0.25, 0.3) is 5.57 Å². The fourth-order valence-corrected chi connectivity index (χ4v) is 4.08. The number of rotatable bonds is 7. The Labute approximate surface area is 196 Å². The summed E-state index contributed by atoms with van der Waals surface area (Å²) in [5, 5.41) is 3.09. The molecule has 1 N–H and O–H groups in total. The Balaban J connectivity index is 1.51. The van der Waals surface area contributed by atoms with E-state index in [1.54, 1.807) is 30.3 Å². The number of carbonyl (C=O) groups is 2. The molecule has 0 bridgehead atoms. The molecule has 3 aromatic carbocycles. The Morgan fingerprint density at radius 1 is 0.912 bits per heavy atom. The molecule has 0 spiro atoms. The molecular weight excluding hydrogens is 435 g/mol. The first-order valence-corrected chi connectivity index (χ1v) is 11.2. The largest absolute Gasteiger partial charge is 0.454 e. The van der Waals surface area contributed by atoms with Crippen LogP contribution in [0.1, 0.15) is 30.9 Å². The van der Waals surface area contributed by atoms with E-state index in [-0.39, 0.29) is 18.1 Å². The molecule has 0 aromatic heterocycles. The van der Waals surface area contributed by atoms with Crippen molar-refractivity contribution in [3.05, 3.63) is 89.4 Å². The first-order valence-electron chi connectivity index (χ1n) is 11.2. The molecule has 172 valence electrons. The molecule has 0 saturated carbocycles. The molecule has 0 atom stereocenters. The van der Waals surface area contributed by atoms with Crippen molar-refractivity contribution in [1.29, 1.82) is 0 Å². The third-order valence-corrected chi connectivity index (χ3v) is 5.87. The van der Waals surface area contributed by atoms with Crippen LogP contribution in [0.2, 0.25) is 0 Å². The van der Waals surface area contributed by atoms with Crippen LogP contribution >= 0.6 is 0 Å². The van der Waals surface area contributed by atoms with Gasteiger partial charge in [-0.05, 0) is 60.4 Å². The van der Waals surface area contributed by atoms with E-state index in [1.807, 2.05) is 12.1 Å². The van der Waals surface area contributed by atoms with Gasteiger partial charge < -0.3 is 14.8 Å². The number of benzene rings is 3. The van der Waals surface area contributed by atoms with Crippen LogP contribution in [0, 0.1) is 5.82 Å². The lowest BCUT2D eigenvalue weighted by atomic mass is 10.0. The smallest absolute Gasteiger partial charge is 0.282 e. The van der Waals surface area contributed by atoms with Gasteiger partial charge in [0.05, 0.1) is 11.3 Å². The number of hydrogen-bond donors (Lipinski definition) is 1. The number of carbonyl (C=O) groups excluding carboxylic acids is 2. The molecule has 2 aliphatic rings. The minimum absolute atomic E-state index is 0.116. The number of fused-ring (bicyclic) bond motifs is 1. The van der Waals surface area contributed by atoms with Crippen LogP contribution in [-0.2, 0) is 16.0 Å². The fourth-order valence-electron chi connectivity index (χ4n) is 4.08. The summed E-state index contributed by atoms with van der Waals surface area (Å²) < 4.78 is 24.3. The average Bonchev–Trinajstić information content (AvgIpc) is 3.41. The third-order valence-electron chi connectivity index (χ3n) is 5.87. The van der Waals surface area contributed by atoms with Gasteiger partial charge in [0.1, 0.15) is 11.5 Å². The number of amides is 2. The van der Waals surface area contributed by atoms with Gasteiger partial charge in [-0.1, -0.05) is 37.6 Å². The molecule has 0 radical (unpaired) electrons. The number of halogens is 1. The van der Waals surface area contributed by atoms with Gasteiger partial charge in [0.2, 0.25) is 6.79 Å². The maximum Gasteiger partial charge on any atom is 0.282 e. The van der Waals surface area contributed by atoms with E-state index in [0.717, 1.165) is 29.7 Å². The summed E-state index contributed by atoms with van der Waals surface area (Å²) in [6, 6.07) is 18.1. The van der Waals surface area contributed by atoms with Crippen LogP contribution in [-0.4, -0.2) is 18.6 Å². The maximum absolute atomic E-state index is 13.6. The Morgan fingerprint density at radius 2 is 1.65 bits per heavy atom. The molecule has 2 amide bonds. The third kappa shape index (κ3) is 4.01. The predicted octanol–water partition coefficient (Wildman–Crippen LogP) is 5.29. The molecule has 0 saturated heterocycles. The molecule has 6 nitrogen and oxygen atoms in total. The van der Waals surface area contributed by atoms with Crippen molar-refractivity contribution < 1.29 is 23.5 Å². The summed E-state index contributed by atoms with van der Waals surface area (Å²) >= 11 is 0. The summed E-state index contributed by atoms with van der Waals surface area (Å²) in [4.78, 5) is 28.2. The van der Waals surface area contributed by atoms with Crippen molar-refractivity contribution in [2.24, 2.45) is 0 Å². The Morgan fingerprint density at radius 3 is 2.38 bits per heavy atom. The summed E-state index contributed by atoms with van der Waals surface area (Å²) in [7, 11) is 0. The van der Waals surface area contributed by atoms with Gasteiger partial charge in [-0.2, -0.15) is 0 Å². The summed E-state index contributed by atoms with van der Waals surface area (Å²) in [6.07, 6.45) is 3.10. The molecule has 7 heteroatoms. The highest BCUT2D eigenvalue weighted by Crippen LogP contribution is 2.37. The lowest BCUT2D eigenvalue weighted by Crippen LogP contribution is -2.32. The minimum Gasteiger partial charge on any atom is -0.454 e. The monoisotopic (exact) mass is 458 g/mol. The maximum atomic E-state index is 13.6. The minimum atomic E-state index is -0.483. The number of ether oxygens (including phenoxy) is 2. The molecule has 0 fully saturated rings. The second kappa shape index (κ2) is 9.02. The van der Waals surface area contributed by atoms with E-state index >= 15 is 0 Å². The Bertz CT molecular complexity index is 1280. The molecule has 5 rings (SSSR count). The average molecular weight is 458 g/mol. The van der Waals surface area contributed by atoms with E-state index in [1.165, 1.54) is 24.3 Å². The van der Waals surface area contributed by atoms with Crippen molar-refractivity contribution in [3.63, 3.8) is 0 Å². The van der Waals surface area contributed by atoms with E-state index in [9.17, 15) is 14.0 Å². The van der Waals surface area contributed by atoms with Gasteiger partial charge in [0.15, 0.2) is 11.5 Å². The SMILES string of the molecule is CCCCc1ccc(N2C(=O)C(Nc3ccc4c(c3)OCO4)=C(c3ccc(F)cc3)C2=O)cc1. The molecule has 0 unspecified atom stereocenters. The van der Waals surface area contributed by atoms with Crippen molar-refractivity contribution in [3.8, 4) is 11.5 Å². The van der Waals surface area contributed by atoms with Crippen molar-refractivity contribution in [2.75, 3.05) is 17.0 Å². The standard InChI is InChI=1S/C27H23FN2O4/c1-2-3-4-17-5-12-21(13-6-17)30-26(31)24(18-7-9-19(28)10-8-18)25(27(30)32)29-20-11-14-22-23(15-20)34-16-33-22/h5-15,29H,2-4,16H2,1H3. The quantitative estimate of drug-likeness (QED) is 0.487. The zero-order valence-corrected chi connectivity index (χ0v) is 18.6. The normalized spacial score (nSPS) is 14.8. The number of hydrogen-bond acceptors (Lipinski definition) is 5. The number of anilines is 2. The van der Waals surface area contributed by atoms with Crippen LogP contribution < -0.4 is 19.7 Å².